The van der Waals surface area contributed by atoms with Crippen LogP contribution in [-0.2, 0) is 0 Å². The highest BCUT2D eigenvalue weighted by atomic mass is 35.5. The van der Waals surface area contributed by atoms with Gasteiger partial charge in [-0.05, 0) is 12.8 Å². The molecule has 0 aliphatic heterocycles. The summed E-state index contributed by atoms with van der Waals surface area (Å²) in [6.45, 7) is 0. The normalized spacial score (nSPS) is 16.6. The average molecular weight is 289 g/mol. The first-order chi connectivity index (χ1) is 8.58. The Morgan fingerprint density at radius 1 is 1.17 bits per heavy atom. The minimum atomic E-state index is -0.498. The Hall–Kier alpha value is -1.00. The number of hydrogen-bond donors (Lipinski definition) is 1. The maximum Gasteiger partial charge on any atom is 0.272 e. The Labute approximate surface area is 115 Å². The molecule has 0 unspecified atom stereocenters. The number of nitrogens with zero attached hydrogens (tertiary/aromatic N) is 1. The van der Waals surface area contributed by atoms with Crippen LogP contribution in [0.15, 0.2) is 12.1 Å². The molecular weight excluding hydrogens is 275 g/mol. The van der Waals surface area contributed by atoms with Gasteiger partial charge in [0.1, 0.15) is 0 Å². The van der Waals surface area contributed by atoms with Crippen molar-refractivity contribution in [2.24, 2.45) is 0 Å². The highest BCUT2D eigenvalue weighted by Crippen LogP contribution is 2.36. The van der Waals surface area contributed by atoms with E-state index in [1.165, 1.54) is 31.4 Å². The van der Waals surface area contributed by atoms with Gasteiger partial charge in [-0.1, -0.05) is 42.5 Å². The molecule has 0 radical (unpaired) electrons. The minimum absolute atomic E-state index is 0.0841. The smallest absolute Gasteiger partial charge is 0.272 e. The molecule has 18 heavy (non-hydrogen) atoms. The third kappa shape index (κ3) is 3.06. The second-order valence-corrected chi connectivity index (χ2v) is 5.34. The van der Waals surface area contributed by atoms with Gasteiger partial charge < -0.3 is 5.32 Å². The molecule has 0 amide bonds. The second-order valence-electron chi connectivity index (χ2n) is 4.52. The summed E-state index contributed by atoms with van der Waals surface area (Å²) in [5.41, 5.74) is 0.523. The van der Waals surface area contributed by atoms with Crippen molar-refractivity contribution in [2.75, 3.05) is 5.32 Å². The molecular formula is C12H14Cl2N2O2. The minimum Gasteiger partial charge on any atom is -0.380 e. The van der Waals surface area contributed by atoms with Crippen LogP contribution in [0.4, 0.5) is 11.4 Å². The summed E-state index contributed by atoms with van der Waals surface area (Å²) in [7, 11) is 0. The molecule has 0 aromatic heterocycles. The predicted octanol–water partition coefficient (Wildman–Crippen LogP) is 4.65. The number of nitro benzene ring substituents is 1. The van der Waals surface area contributed by atoms with Gasteiger partial charge in [-0.15, -0.1) is 0 Å². The molecule has 1 fully saturated rings. The zero-order chi connectivity index (χ0) is 13.1. The van der Waals surface area contributed by atoms with Crippen LogP contribution < -0.4 is 5.32 Å². The van der Waals surface area contributed by atoms with Gasteiger partial charge in [0.2, 0.25) is 0 Å². The standard InChI is InChI=1S/C12H14Cl2N2O2/c13-10-6-9(16(17)18)7-11(14)12(10)15-8-4-2-1-3-5-8/h6-8,15H,1-5H2. The molecule has 0 bridgehead atoms. The molecule has 98 valence electrons. The van der Waals surface area contributed by atoms with Crippen molar-refractivity contribution < 1.29 is 4.92 Å². The van der Waals surface area contributed by atoms with Crippen LogP contribution in [0.5, 0.6) is 0 Å². The van der Waals surface area contributed by atoms with Crippen molar-refractivity contribution in [3.63, 3.8) is 0 Å². The van der Waals surface area contributed by atoms with Crippen molar-refractivity contribution in [1.82, 2.24) is 0 Å². The van der Waals surface area contributed by atoms with Gasteiger partial charge in [-0.25, -0.2) is 0 Å². The third-order valence-corrected chi connectivity index (χ3v) is 3.79. The highest BCUT2D eigenvalue weighted by Gasteiger charge is 2.19. The molecule has 0 saturated heterocycles. The molecule has 1 aliphatic carbocycles. The molecule has 1 aliphatic rings. The van der Waals surface area contributed by atoms with Gasteiger partial charge in [0.15, 0.2) is 0 Å². The summed E-state index contributed by atoms with van der Waals surface area (Å²) in [5, 5.41) is 14.6. The lowest BCUT2D eigenvalue weighted by Crippen LogP contribution is -2.22. The van der Waals surface area contributed by atoms with Gasteiger partial charge in [0, 0.05) is 18.2 Å². The first-order valence-corrected chi connectivity index (χ1v) is 6.73. The molecule has 1 saturated carbocycles. The van der Waals surface area contributed by atoms with E-state index in [1.807, 2.05) is 0 Å². The lowest BCUT2D eigenvalue weighted by Gasteiger charge is -2.24. The first kappa shape index (κ1) is 13.4. The van der Waals surface area contributed by atoms with Crippen molar-refractivity contribution in [1.29, 1.82) is 0 Å². The van der Waals surface area contributed by atoms with Crippen LogP contribution in [0.2, 0.25) is 10.0 Å². The van der Waals surface area contributed by atoms with Gasteiger partial charge in [0.05, 0.1) is 20.7 Å². The Morgan fingerprint density at radius 3 is 2.22 bits per heavy atom. The van der Waals surface area contributed by atoms with E-state index in [2.05, 4.69) is 5.32 Å². The van der Waals surface area contributed by atoms with Crippen molar-refractivity contribution in [3.8, 4) is 0 Å². The Balaban J connectivity index is 2.19. The summed E-state index contributed by atoms with van der Waals surface area (Å²) in [5.74, 6) is 0. The fourth-order valence-corrected chi connectivity index (χ4v) is 2.84. The zero-order valence-corrected chi connectivity index (χ0v) is 11.3. The molecule has 6 heteroatoms. The van der Waals surface area contributed by atoms with Crippen LogP contribution in [0.3, 0.4) is 0 Å². The van der Waals surface area contributed by atoms with Gasteiger partial charge in [-0.3, -0.25) is 10.1 Å². The molecule has 2 rings (SSSR count). The van der Waals surface area contributed by atoms with Gasteiger partial charge in [-0.2, -0.15) is 0 Å². The summed E-state index contributed by atoms with van der Waals surface area (Å²) < 4.78 is 0. The SMILES string of the molecule is O=[N+]([O-])c1cc(Cl)c(NC2CCCCC2)c(Cl)c1. The number of nitrogens with one attached hydrogen (secondary N) is 1. The average Bonchev–Trinajstić information content (AvgIpc) is 2.34. The quantitative estimate of drug-likeness (QED) is 0.651. The maximum atomic E-state index is 10.7. The van der Waals surface area contributed by atoms with Crippen LogP contribution in [0.25, 0.3) is 0 Å². The second kappa shape index (κ2) is 5.76. The maximum absolute atomic E-state index is 10.7. The van der Waals surface area contributed by atoms with Crippen molar-refractivity contribution >= 4 is 34.6 Å². The zero-order valence-electron chi connectivity index (χ0n) is 9.79. The molecule has 1 aromatic carbocycles. The topological polar surface area (TPSA) is 55.2 Å². The summed E-state index contributed by atoms with van der Waals surface area (Å²) >= 11 is 12.1. The highest BCUT2D eigenvalue weighted by molar-refractivity contribution is 6.39. The molecule has 1 N–H and O–H groups in total. The Bertz CT molecular complexity index is 436. The monoisotopic (exact) mass is 288 g/mol. The van der Waals surface area contributed by atoms with Gasteiger partial charge >= 0.3 is 0 Å². The molecule has 4 nitrogen and oxygen atoms in total. The van der Waals surface area contributed by atoms with Crippen molar-refractivity contribution in [2.45, 2.75) is 38.1 Å². The van der Waals surface area contributed by atoms with Crippen LogP contribution in [-0.4, -0.2) is 11.0 Å². The van der Waals surface area contributed by atoms with E-state index in [4.69, 9.17) is 23.2 Å². The first-order valence-electron chi connectivity index (χ1n) is 5.98. The number of non-ortho nitro benzene ring substituents is 1. The van der Waals surface area contributed by atoms with E-state index >= 15 is 0 Å². The molecule has 0 spiro atoms. The van der Waals surface area contributed by atoms with Crippen LogP contribution in [0, 0.1) is 10.1 Å². The van der Waals surface area contributed by atoms with E-state index in [-0.39, 0.29) is 5.69 Å². The fraction of sp³-hybridized carbons (Fsp3) is 0.500. The van der Waals surface area contributed by atoms with E-state index in [0.29, 0.717) is 21.8 Å². The number of benzene rings is 1. The molecule has 0 atom stereocenters. The Morgan fingerprint density at radius 2 is 1.72 bits per heavy atom. The summed E-state index contributed by atoms with van der Waals surface area (Å²) in [6, 6.07) is 3.02. The predicted molar refractivity (Wildman–Crippen MR) is 73.6 cm³/mol. The van der Waals surface area contributed by atoms with E-state index < -0.39 is 4.92 Å². The van der Waals surface area contributed by atoms with E-state index in [9.17, 15) is 10.1 Å². The lowest BCUT2D eigenvalue weighted by atomic mass is 9.95. The number of rotatable bonds is 3. The lowest BCUT2D eigenvalue weighted by molar-refractivity contribution is -0.384. The third-order valence-electron chi connectivity index (χ3n) is 3.19. The number of nitro groups is 1. The molecule has 1 aromatic rings. The number of hydrogen-bond acceptors (Lipinski definition) is 3. The Kier molecular flexibility index (Phi) is 4.30. The van der Waals surface area contributed by atoms with E-state index in [1.54, 1.807) is 0 Å². The van der Waals surface area contributed by atoms with E-state index in [0.717, 1.165) is 12.8 Å². The van der Waals surface area contributed by atoms with Crippen molar-refractivity contribution in [3.05, 3.63) is 32.3 Å². The van der Waals surface area contributed by atoms with Gasteiger partial charge in [0.25, 0.3) is 5.69 Å². The fourth-order valence-electron chi connectivity index (χ4n) is 2.25. The number of anilines is 1. The van der Waals surface area contributed by atoms with Crippen LogP contribution in [0.1, 0.15) is 32.1 Å². The summed E-state index contributed by atoms with van der Waals surface area (Å²) in [6.07, 6.45) is 5.83. The number of halogens is 2. The molecule has 0 heterocycles. The summed E-state index contributed by atoms with van der Waals surface area (Å²) in [4.78, 5) is 10.2. The van der Waals surface area contributed by atoms with Crippen LogP contribution >= 0.6 is 23.2 Å². The largest absolute Gasteiger partial charge is 0.380 e.